The van der Waals surface area contributed by atoms with Crippen molar-refractivity contribution in [2.24, 2.45) is 5.92 Å². The lowest BCUT2D eigenvalue weighted by Crippen LogP contribution is -2.38. The highest BCUT2D eigenvalue weighted by Crippen LogP contribution is 2.26. The second kappa shape index (κ2) is 7.57. The number of aromatic nitrogens is 1. The predicted molar refractivity (Wildman–Crippen MR) is 97.3 cm³/mol. The molecular weight excluding hydrogens is 370 g/mol. The van der Waals surface area contributed by atoms with Crippen LogP contribution in [0.2, 0.25) is 0 Å². The Kier molecular flexibility index (Phi) is 5.25. The number of amides is 1. The van der Waals surface area contributed by atoms with Crippen molar-refractivity contribution >= 4 is 39.5 Å². The van der Waals surface area contributed by atoms with Crippen LogP contribution < -0.4 is 10.2 Å². The highest BCUT2D eigenvalue weighted by atomic mass is 79.9. The van der Waals surface area contributed by atoms with E-state index in [9.17, 15) is 9.59 Å². The van der Waals surface area contributed by atoms with E-state index in [1.807, 2.05) is 24.3 Å². The van der Waals surface area contributed by atoms with Crippen molar-refractivity contribution in [1.29, 1.82) is 0 Å². The molecule has 1 aliphatic heterocycles. The number of benzene rings is 1. The monoisotopic (exact) mass is 387 g/mol. The van der Waals surface area contributed by atoms with Gasteiger partial charge in [0.25, 0.3) is 0 Å². The average molecular weight is 388 g/mol. The number of rotatable bonds is 4. The molecule has 1 aliphatic rings. The molecule has 5 nitrogen and oxygen atoms in total. The van der Waals surface area contributed by atoms with Crippen LogP contribution in [0.3, 0.4) is 0 Å². The molecule has 124 valence electrons. The van der Waals surface area contributed by atoms with Crippen molar-refractivity contribution in [3.8, 4) is 0 Å². The number of aldehydes is 1. The number of piperidine rings is 1. The second-order valence-electron chi connectivity index (χ2n) is 5.82. The summed E-state index contributed by atoms with van der Waals surface area (Å²) >= 11 is 3.39. The molecule has 2 aromatic rings. The van der Waals surface area contributed by atoms with Crippen LogP contribution in [0.4, 0.5) is 11.4 Å². The Balaban J connectivity index is 1.57. The van der Waals surface area contributed by atoms with Crippen LogP contribution in [0, 0.1) is 5.92 Å². The summed E-state index contributed by atoms with van der Waals surface area (Å²) in [5.74, 6) is 0.0633. The zero-order chi connectivity index (χ0) is 16.9. The summed E-state index contributed by atoms with van der Waals surface area (Å²) in [7, 11) is 0. The molecule has 6 heteroatoms. The van der Waals surface area contributed by atoms with Crippen LogP contribution in [0.1, 0.15) is 23.2 Å². The first-order valence-electron chi connectivity index (χ1n) is 7.88. The molecule has 0 radical (unpaired) electrons. The maximum atomic E-state index is 12.4. The van der Waals surface area contributed by atoms with Gasteiger partial charge >= 0.3 is 0 Å². The van der Waals surface area contributed by atoms with Gasteiger partial charge in [-0.3, -0.25) is 14.6 Å². The molecular formula is C18H18BrN3O2. The first-order chi connectivity index (χ1) is 11.7. The fourth-order valence-corrected chi connectivity index (χ4v) is 3.22. The van der Waals surface area contributed by atoms with E-state index >= 15 is 0 Å². The topological polar surface area (TPSA) is 62.3 Å². The van der Waals surface area contributed by atoms with Gasteiger partial charge in [0.2, 0.25) is 5.91 Å². The number of nitrogens with zero attached hydrogens (tertiary/aromatic N) is 2. The van der Waals surface area contributed by atoms with Crippen molar-refractivity contribution in [2.75, 3.05) is 23.3 Å². The zero-order valence-electron chi connectivity index (χ0n) is 13.1. The van der Waals surface area contributed by atoms with E-state index in [1.54, 1.807) is 18.5 Å². The molecule has 3 rings (SSSR count). The van der Waals surface area contributed by atoms with Gasteiger partial charge in [-0.05, 0) is 59.1 Å². The number of carbonyl (C=O) groups is 2. The van der Waals surface area contributed by atoms with Crippen molar-refractivity contribution in [3.63, 3.8) is 0 Å². The number of hydrogen-bond acceptors (Lipinski definition) is 4. The summed E-state index contributed by atoms with van der Waals surface area (Å²) in [6, 6.07) is 9.34. The molecule has 24 heavy (non-hydrogen) atoms. The highest BCUT2D eigenvalue weighted by molar-refractivity contribution is 9.10. The van der Waals surface area contributed by atoms with Gasteiger partial charge in [-0.1, -0.05) is 0 Å². The SMILES string of the molecule is O=Cc1ccc(N2CCC(C(=O)Nc3ccncc3Br)CC2)cc1. The summed E-state index contributed by atoms with van der Waals surface area (Å²) in [4.78, 5) is 29.4. The normalized spacial score (nSPS) is 15.1. The summed E-state index contributed by atoms with van der Waals surface area (Å²) in [6.45, 7) is 1.66. The van der Waals surface area contributed by atoms with E-state index in [-0.39, 0.29) is 11.8 Å². The molecule has 1 saturated heterocycles. The van der Waals surface area contributed by atoms with Crippen LogP contribution in [-0.4, -0.2) is 30.3 Å². The molecule has 0 spiro atoms. The third kappa shape index (κ3) is 3.82. The maximum Gasteiger partial charge on any atom is 0.227 e. The van der Waals surface area contributed by atoms with Gasteiger partial charge in [-0.2, -0.15) is 0 Å². The van der Waals surface area contributed by atoms with E-state index in [4.69, 9.17) is 0 Å². The van der Waals surface area contributed by atoms with Crippen LogP contribution in [0.25, 0.3) is 0 Å². The number of pyridine rings is 1. The Morgan fingerprint density at radius 1 is 1.21 bits per heavy atom. The molecule has 1 N–H and O–H groups in total. The van der Waals surface area contributed by atoms with E-state index in [2.05, 4.69) is 31.1 Å². The van der Waals surface area contributed by atoms with Crippen LogP contribution in [-0.2, 0) is 4.79 Å². The fourth-order valence-electron chi connectivity index (χ4n) is 2.87. The van der Waals surface area contributed by atoms with Crippen molar-refractivity contribution in [3.05, 3.63) is 52.8 Å². The lowest BCUT2D eigenvalue weighted by Gasteiger charge is -2.33. The van der Waals surface area contributed by atoms with Crippen LogP contribution in [0.5, 0.6) is 0 Å². The predicted octanol–water partition coefficient (Wildman–Crippen LogP) is 3.51. The van der Waals surface area contributed by atoms with Gasteiger partial charge in [0, 0.05) is 42.7 Å². The molecule has 1 amide bonds. The first kappa shape index (κ1) is 16.6. The fraction of sp³-hybridized carbons (Fsp3) is 0.278. The third-order valence-corrected chi connectivity index (χ3v) is 4.92. The van der Waals surface area contributed by atoms with Gasteiger partial charge in [-0.15, -0.1) is 0 Å². The molecule has 0 aliphatic carbocycles. The van der Waals surface area contributed by atoms with Gasteiger partial charge in [-0.25, -0.2) is 0 Å². The van der Waals surface area contributed by atoms with E-state index < -0.39 is 0 Å². The second-order valence-corrected chi connectivity index (χ2v) is 6.67. The van der Waals surface area contributed by atoms with Crippen molar-refractivity contribution in [1.82, 2.24) is 4.98 Å². The van der Waals surface area contributed by atoms with Gasteiger partial charge in [0.1, 0.15) is 6.29 Å². The summed E-state index contributed by atoms with van der Waals surface area (Å²) < 4.78 is 0.783. The molecule has 0 saturated carbocycles. The summed E-state index contributed by atoms with van der Waals surface area (Å²) in [6.07, 6.45) is 5.79. The quantitative estimate of drug-likeness (QED) is 0.815. The van der Waals surface area contributed by atoms with Gasteiger partial charge < -0.3 is 10.2 Å². The number of nitrogens with one attached hydrogen (secondary N) is 1. The molecule has 1 aromatic carbocycles. The molecule has 0 unspecified atom stereocenters. The van der Waals surface area contributed by atoms with Crippen LogP contribution in [0.15, 0.2) is 47.2 Å². The average Bonchev–Trinajstić information content (AvgIpc) is 2.64. The Bertz CT molecular complexity index is 725. The highest BCUT2D eigenvalue weighted by Gasteiger charge is 2.25. The van der Waals surface area contributed by atoms with Crippen LogP contribution >= 0.6 is 15.9 Å². The summed E-state index contributed by atoms with van der Waals surface area (Å²) in [5.41, 5.74) is 2.52. The Morgan fingerprint density at radius 3 is 2.54 bits per heavy atom. The van der Waals surface area contributed by atoms with Gasteiger partial charge in [0.15, 0.2) is 0 Å². The number of carbonyl (C=O) groups excluding carboxylic acids is 2. The lowest BCUT2D eigenvalue weighted by molar-refractivity contribution is -0.120. The standard InChI is InChI=1S/C18H18BrN3O2/c19-16-11-20-8-5-17(16)21-18(24)14-6-9-22(10-7-14)15-3-1-13(12-23)2-4-15/h1-5,8,11-12,14H,6-7,9-10H2,(H,20,21,24). The maximum absolute atomic E-state index is 12.4. The number of halogens is 1. The molecule has 0 bridgehead atoms. The minimum absolute atomic E-state index is 0.00978. The van der Waals surface area contributed by atoms with E-state index in [1.165, 1.54) is 0 Å². The van der Waals surface area contributed by atoms with Crippen molar-refractivity contribution < 1.29 is 9.59 Å². The molecule has 0 atom stereocenters. The van der Waals surface area contributed by atoms with Gasteiger partial charge in [0.05, 0.1) is 10.2 Å². The smallest absolute Gasteiger partial charge is 0.227 e. The largest absolute Gasteiger partial charge is 0.371 e. The Hall–Kier alpha value is -2.21. The number of hydrogen-bond donors (Lipinski definition) is 1. The molecule has 1 aromatic heterocycles. The minimum atomic E-state index is 0.00978. The molecule has 2 heterocycles. The minimum Gasteiger partial charge on any atom is -0.371 e. The summed E-state index contributed by atoms with van der Waals surface area (Å²) in [5, 5.41) is 2.97. The molecule has 1 fully saturated rings. The lowest BCUT2D eigenvalue weighted by atomic mass is 9.95. The third-order valence-electron chi connectivity index (χ3n) is 4.29. The van der Waals surface area contributed by atoms with Crippen molar-refractivity contribution in [2.45, 2.75) is 12.8 Å². The first-order valence-corrected chi connectivity index (χ1v) is 8.67. The number of anilines is 2. The Labute approximate surface area is 149 Å². The van der Waals surface area contributed by atoms with E-state index in [0.29, 0.717) is 5.56 Å². The zero-order valence-corrected chi connectivity index (χ0v) is 14.7. The Morgan fingerprint density at radius 2 is 1.92 bits per heavy atom. The van der Waals surface area contributed by atoms with E-state index in [0.717, 1.165) is 48.1 Å².